The average molecular weight is 363 g/mol. The standard InChI is InChI=1S/C21H24N3OSi/c1-15-11-12-19(20(13-15)25-26(4)5)22-21(17-9-7-6-8-10-17)18-14-24(3)23-16(18)2/h6-14H,1-5H3. The maximum atomic E-state index is 6.11. The number of aliphatic imine (C=N–C) groups is 1. The van der Waals surface area contributed by atoms with Crippen LogP contribution in [0, 0.1) is 13.8 Å². The van der Waals surface area contributed by atoms with Gasteiger partial charge in [-0.05, 0) is 44.6 Å². The second kappa shape index (κ2) is 7.70. The van der Waals surface area contributed by atoms with Gasteiger partial charge < -0.3 is 4.43 Å². The van der Waals surface area contributed by atoms with Gasteiger partial charge in [0.05, 0.1) is 11.4 Å². The van der Waals surface area contributed by atoms with Crippen molar-refractivity contribution < 1.29 is 4.43 Å². The maximum Gasteiger partial charge on any atom is 0.274 e. The van der Waals surface area contributed by atoms with Crippen molar-refractivity contribution in [2.75, 3.05) is 0 Å². The second-order valence-electron chi connectivity index (χ2n) is 6.61. The summed E-state index contributed by atoms with van der Waals surface area (Å²) in [6.07, 6.45) is 2.02. The van der Waals surface area contributed by atoms with Crippen molar-refractivity contribution in [3.8, 4) is 5.75 Å². The van der Waals surface area contributed by atoms with E-state index in [-0.39, 0.29) is 0 Å². The molecule has 5 heteroatoms. The Hall–Kier alpha value is -2.66. The Balaban J connectivity index is 2.18. The van der Waals surface area contributed by atoms with Gasteiger partial charge in [-0.15, -0.1) is 0 Å². The quantitative estimate of drug-likeness (QED) is 0.481. The van der Waals surface area contributed by atoms with Crippen LogP contribution in [-0.4, -0.2) is 24.5 Å². The highest BCUT2D eigenvalue weighted by Gasteiger charge is 2.15. The summed E-state index contributed by atoms with van der Waals surface area (Å²) in [6, 6.07) is 16.4. The highest BCUT2D eigenvalue weighted by atomic mass is 28.3. The monoisotopic (exact) mass is 362 g/mol. The molecule has 0 unspecified atom stereocenters. The average Bonchev–Trinajstić information content (AvgIpc) is 2.92. The first-order chi connectivity index (χ1) is 12.4. The van der Waals surface area contributed by atoms with E-state index in [1.807, 2.05) is 49.1 Å². The lowest BCUT2D eigenvalue weighted by Crippen LogP contribution is -2.11. The normalized spacial score (nSPS) is 11.8. The van der Waals surface area contributed by atoms with Crippen LogP contribution in [0.15, 0.2) is 59.7 Å². The molecule has 0 atom stereocenters. The minimum atomic E-state index is -0.878. The third-order valence-corrected chi connectivity index (χ3v) is 4.61. The van der Waals surface area contributed by atoms with Crippen LogP contribution in [0.3, 0.4) is 0 Å². The minimum absolute atomic E-state index is 0.846. The van der Waals surface area contributed by atoms with Crippen molar-refractivity contribution in [3.05, 3.63) is 77.1 Å². The lowest BCUT2D eigenvalue weighted by Gasteiger charge is -2.13. The van der Waals surface area contributed by atoms with Gasteiger partial charge in [0.15, 0.2) is 0 Å². The summed E-state index contributed by atoms with van der Waals surface area (Å²) < 4.78 is 7.94. The number of hydrogen-bond acceptors (Lipinski definition) is 3. The molecule has 26 heavy (non-hydrogen) atoms. The Morgan fingerprint density at radius 1 is 1.08 bits per heavy atom. The minimum Gasteiger partial charge on any atom is -0.541 e. The number of rotatable bonds is 5. The molecule has 1 heterocycles. The number of nitrogens with zero attached hydrogens (tertiary/aromatic N) is 3. The third kappa shape index (κ3) is 4.11. The number of benzene rings is 2. The van der Waals surface area contributed by atoms with Crippen molar-refractivity contribution >= 4 is 20.4 Å². The highest BCUT2D eigenvalue weighted by molar-refractivity contribution is 6.49. The molecule has 0 saturated carbocycles. The van der Waals surface area contributed by atoms with Crippen LogP contribution >= 0.6 is 0 Å². The van der Waals surface area contributed by atoms with Crippen molar-refractivity contribution in [2.24, 2.45) is 12.0 Å². The van der Waals surface area contributed by atoms with Gasteiger partial charge in [-0.25, -0.2) is 4.99 Å². The molecule has 133 valence electrons. The molecule has 0 spiro atoms. The Morgan fingerprint density at radius 3 is 2.42 bits per heavy atom. The Bertz CT molecular complexity index is 930. The molecule has 3 rings (SSSR count). The molecule has 0 aliphatic heterocycles. The lowest BCUT2D eigenvalue weighted by atomic mass is 10.0. The summed E-state index contributed by atoms with van der Waals surface area (Å²) in [7, 11) is 1.05. The van der Waals surface area contributed by atoms with Gasteiger partial charge in [-0.1, -0.05) is 36.4 Å². The number of aryl methyl sites for hydroxylation is 3. The molecule has 0 fully saturated rings. The van der Waals surface area contributed by atoms with E-state index in [9.17, 15) is 0 Å². The van der Waals surface area contributed by atoms with E-state index in [2.05, 4.69) is 49.4 Å². The zero-order chi connectivity index (χ0) is 18.7. The predicted molar refractivity (Wildman–Crippen MR) is 109 cm³/mol. The Morgan fingerprint density at radius 2 is 1.81 bits per heavy atom. The fourth-order valence-corrected chi connectivity index (χ4v) is 3.45. The van der Waals surface area contributed by atoms with Crippen molar-refractivity contribution in [3.63, 3.8) is 0 Å². The van der Waals surface area contributed by atoms with E-state index in [0.29, 0.717) is 0 Å². The molecule has 4 nitrogen and oxygen atoms in total. The molecule has 3 aromatic rings. The predicted octanol–water partition coefficient (Wildman–Crippen LogP) is 4.84. The molecule has 1 radical (unpaired) electrons. The fourth-order valence-electron chi connectivity index (χ4n) is 2.84. The topological polar surface area (TPSA) is 39.4 Å². The van der Waals surface area contributed by atoms with Crippen LogP contribution in [0.5, 0.6) is 5.75 Å². The smallest absolute Gasteiger partial charge is 0.274 e. The van der Waals surface area contributed by atoms with Gasteiger partial charge in [0.1, 0.15) is 11.4 Å². The molecule has 1 aromatic heterocycles. The third-order valence-electron chi connectivity index (χ3n) is 3.98. The van der Waals surface area contributed by atoms with Crippen LogP contribution in [0.4, 0.5) is 5.69 Å². The summed E-state index contributed by atoms with van der Waals surface area (Å²) >= 11 is 0. The lowest BCUT2D eigenvalue weighted by molar-refractivity contribution is 0.581. The van der Waals surface area contributed by atoms with Crippen LogP contribution < -0.4 is 4.43 Å². The van der Waals surface area contributed by atoms with Crippen molar-refractivity contribution in [1.29, 1.82) is 0 Å². The summed E-state index contributed by atoms with van der Waals surface area (Å²) in [5, 5.41) is 4.49. The molecule has 0 saturated heterocycles. The van der Waals surface area contributed by atoms with Crippen LogP contribution in [0.25, 0.3) is 0 Å². The van der Waals surface area contributed by atoms with Gasteiger partial charge in [-0.2, -0.15) is 5.10 Å². The van der Waals surface area contributed by atoms with Gasteiger partial charge >= 0.3 is 0 Å². The summed E-state index contributed by atoms with van der Waals surface area (Å²) in [4.78, 5) is 5.02. The second-order valence-corrected chi connectivity index (χ2v) is 8.63. The first-order valence-electron chi connectivity index (χ1n) is 8.67. The SMILES string of the molecule is Cc1ccc(N=C(c2ccccc2)c2cn(C)nc2C)c(O[Si](C)C)c1. The summed E-state index contributed by atoms with van der Waals surface area (Å²) in [6.45, 7) is 8.34. The molecule has 0 bridgehead atoms. The van der Waals surface area contributed by atoms with Gasteiger partial charge in [0, 0.05) is 24.4 Å². The van der Waals surface area contributed by atoms with E-state index in [0.717, 1.165) is 34.0 Å². The molecule has 0 aliphatic rings. The highest BCUT2D eigenvalue weighted by Crippen LogP contribution is 2.31. The first kappa shape index (κ1) is 18.1. The van der Waals surface area contributed by atoms with Gasteiger partial charge in [0.2, 0.25) is 0 Å². The molecule has 0 amide bonds. The van der Waals surface area contributed by atoms with E-state index in [4.69, 9.17) is 9.42 Å². The molecule has 2 aromatic carbocycles. The van der Waals surface area contributed by atoms with Crippen molar-refractivity contribution in [2.45, 2.75) is 26.9 Å². The number of aromatic nitrogens is 2. The fraction of sp³-hybridized carbons (Fsp3) is 0.238. The zero-order valence-corrected chi connectivity index (χ0v) is 16.9. The van der Waals surface area contributed by atoms with E-state index in [1.165, 1.54) is 5.56 Å². The van der Waals surface area contributed by atoms with Gasteiger partial charge in [0.25, 0.3) is 9.04 Å². The Kier molecular flexibility index (Phi) is 5.37. The number of hydrogen-bond donors (Lipinski definition) is 0. The van der Waals surface area contributed by atoms with Crippen molar-refractivity contribution in [1.82, 2.24) is 9.78 Å². The van der Waals surface area contributed by atoms with Crippen LogP contribution in [0.2, 0.25) is 13.1 Å². The van der Waals surface area contributed by atoms with E-state index >= 15 is 0 Å². The van der Waals surface area contributed by atoms with E-state index in [1.54, 1.807) is 0 Å². The van der Waals surface area contributed by atoms with Crippen LogP contribution in [0.1, 0.15) is 22.4 Å². The molecule has 0 N–H and O–H groups in total. The molecular formula is C21H24N3OSi. The maximum absolute atomic E-state index is 6.11. The molecule has 0 aliphatic carbocycles. The van der Waals surface area contributed by atoms with E-state index < -0.39 is 9.04 Å². The largest absolute Gasteiger partial charge is 0.541 e. The van der Waals surface area contributed by atoms with Crippen LogP contribution in [-0.2, 0) is 7.05 Å². The summed E-state index contributed by atoms with van der Waals surface area (Å²) in [5.74, 6) is 0.846. The Labute approximate surface area is 156 Å². The summed E-state index contributed by atoms with van der Waals surface area (Å²) in [5.41, 5.74) is 5.98. The zero-order valence-electron chi connectivity index (χ0n) is 15.9. The first-order valence-corrected chi connectivity index (χ1v) is 11.1. The van der Waals surface area contributed by atoms with Gasteiger partial charge in [-0.3, -0.25) is 4.68 Å². The molecular weight excluding hydrogens is 338 g/mol.